The first-order chi connectivity index (χ1) is 10.2. The summed E-state index contributed by atoms with van der Waals surface area (Å²) in [6, 6.07) is 0. The quantitative estimate of drug-likeness (QED) is 0.851. The normalized spacial score (nSPS) is 18.9. The van der Waals surface area contributed by atoms with Gasteiger partial charge in [-0.3, -0.25) is 9.58 Å². The summed E-state index contributed by atoms with van der Waals surface area (Å²) in [6.45, 7) is 8.77. The standard InChI is InChI=1S/C15H22N4OS/c1-4-19-6-13-12(9-20-3)5-18(7-14(13)17-19)8-15-11(2)16-10-21-15/h6,10,12H,4-5,7-9H2,1-3H3. The van der Waals surface area contributed by atoms with Gasteiger partial charge in [0.2, 0.25) is 0 Å². The van der Waals surface area contributed by atoms with Crippen LogP contribution < -0.4 is 0 Å². The van der Waals surface area contributed by atoms with E-state index < -0.39 is 0 Å². The SMILES string of the molecule is CCn1cc2c(n1)CN(Cc1scnc1C)CC2COC. The van der Waals surface area contributed by atoms with Crippen molar-refractivity contribution in [1.29, 1.82) is 0 Å². The topological polar surface area (TPSA) is 43.2 Å². The Hall–Kier alpha value is -1.24. The van der Waals surface area contributed by atoms with E-state index in [-0.39, 0.29) is 0 Å². The van der Waals surface area contributed by atoms with E-state index in [4.69, 9.17) is 9.84 Å². The highest BCUT2D eigenvalue weighted by atomic mass is 32.1. The number of thiazole rings is 1. The predicted molar refractivity (Wildman–Crippen MR) is 83.5 cm³/mol. The van der Waals surface area contributed by atoms with Crippen LogP contribution in [0, 0.1) is 6.92 Å². The molecule has 0 N–H and O–H groups in total. The summed E-state index contributed by atoms with van der Waals surface area (Å²) >= 11 is 1.74. The van der Waals surface area contributed by atoms with E-state index >= 15 is 0 Å². The molecule has 0 saturated heterocycles. The minimum atomic E-state index is 0.410. The Morgan fingerprint density at radius 2 is 2.33 bits per heavy atom. The lowest BCUT2D eigenvalue weighted by molar-refractivity contribution is 0.136. The van der Waals surface area contributed by atoms with E-state index in [1.165, 1.54) is 16.1 Å². The highest BCUT2D eigenvalue weighted by molar-refractivity contribution is 7.09. The van der Waals surface area contributed by atoms with Crippen LogP contribution in [-0.2, 0) is 24.4 Å². The Morgan fingerprint density at radius 3 is 3.00 bits per heavy atom. The molecule has 1 atom stereocenters. The highest BCUT2D eigenvalue weighted by Crippen LogP contribution is 2.29. The van der Waals surface area contributed by atoms with E-state index in [2.05, 4.69) is 29.9 Å². The van der Waals surface area contributed by atoms with Gasteiger partial charge >= 0.3 is 0 Å². The van der Waals surface area contributed by atoms with Crippen LogP contribution in [0.25, 0.3) is 0 Å². The molecular formula is C15H22N4OS. The van der Waals surface area contributed by atoms with Crippen molar-refractivity contribution in [3.63, 3.8) is 0 Å². The number of fused-ring (bicyclic) bond motifs is 1. The minimum Gasteiger partial charge on any atom is -0.384 e. The van der Waals surface area contributed by atoms with Crippen LogP contribution in [0.4, 0.5) is 0 Å². The van der Waals surface area contributed by atoms with Crippen molar-refractivity contribution >= 4 is 11.3 Å². The second-order valence-corrected chi connectivity index (χ2v) is 6.51. The molecule has 2 aromatic rings. The summed E-state index contributed by atoms with van der Waals surface area (Å²) in [6.07, 6.45) is 2.19. The van der Waals surface area contributed by atoms with Gasteiger partial charge in [0, 0.05) is 55.8 Å². The number of rotatable bonds is 5. The van der Waals surface area contributed by atoms with E-state index in [1.54, 1.807) is 18.4 Å². The fraction of sp³-hybridized carbons (Fsp3) is 0.600. The summed E-state index contributed by atoms with van der Waals surface area (Å²) in [5.41, 5.74) is 5.63. The molecule has 0 bridgehead atoms. The molecule has 0 aliphatic carbocycles. The van der Waals surface area contributed by atoms with Crippen LogP contribution in [0.2, 0.25) is 0 Å². The van der Waals surface area contributed by atoms with Crippen molar-refractivity contribution < 1.29 is 4.74 Å². The van der Waals surface area contributed by atoms with E-state index in [0.717, 1.165) is 38.5 Å². The fourth-order valence-electron chi connectivity index (χ4n) is 2.93. The van der Waals surface area contributed by atoms with Crippen molar-refractivity contribution in [2.45, 2.75) is 39.4 Å². The monoisotopic (exact) mass is 306 g/mol. The van der Waals surface area contributed by atoms with Gasteiger partial charge < -0.3 is 4.74 Å². The molecule has 0 amide bonds. The zero-order valence-corrected chi connectivity index (χ0v) is 13.7. The Morgan fingerprint density at radius 1 is 1.48 bits per heavy atom. The van der Waals surface area contributed by atoms with Crippen LogP contribution in [0.3, 0.4) is 0 Å². The van der Waals surface area contributed by atoms with Crippen LogP contribution in [-0.4, -0.2) is 39.9 Å². The van der Waals surface area contributed by atoms with Crippen molar-refractivity contribution in [2.75, 3.05) is 20.3 Å². The summed E-state index contributed by atoms with van der Waals surface area (Å²) in [5, 5.41) is 4.71. The number of aryl methyl sites for hydroxylation is 2. The first-order valence-corrected chi connectivity index (χ1v) is 8.25. The summed E-state index contributed by atoms with van der Waals surface area (Å²) < 4.78 is 7.45. The van der Waals surface area contributed by atoms with Crippen molar-refractivity contribution in [3.05, 3.63) is 33.5 Å². The average molecular weight is 306 g/mol. The number of nitrogens with zero attached hydrogens (tertiary/aromatic N) is 4. The fourth-order valence-corrected chi connectivity index (χ4v) is 3.75. The van der Waals surface area contributed by atoms with Gasteiger partial charge in [-0.1, -0.05) is 0 Å². The van der Waals surface area contributed by atoms with Crippen molar-refractivity contribution in [1.82, 2.24) is 19.7 Å². The van der Waals surface area contributed by atoms with E-state index in [9.17, 15) is 0 Å². The predicted octanol–water partition coefficient (Wildman–Crippen LogP) is 2.41. The number of methoxy groups -OCH3 is 1. The van der Waals surface area contributed by atoms with Gasteiger partial charge in [-0.2, -0.15) is 5.10 Å². The molecule has 0 spiro atoms. The molecule has 3 rings (SSSR count). The largest absolute Gasteiger partial charge is 0.384 e. The first kappa shape index (κ1) is 14.7. The van der Waals surface area contributed by atoms with E-state index in [0.29, 0.717) is 5.92 Å². The van der Waals surface area contributed by atoms with Crippen LogP contribution >= 0.6 is 11.3 Å². The summed E-state index contributed by atoms with van der Waals surface area (Å²) in [5.74, 6) is 0.410. The lowest BCUT2D eigenvalue weighted by Crippen LogP contribution is -2.34. The molecule has 114 valence electrons. The van der Waals surface area contributed by atoms with E-state index in [1.807, 2.05) is 10.2 Å². The van der Waals surface area contributed by atoms with Gasteiger partial charge in [-0.25, -0.2) is 4.98 Å². The van der Waals surface area contributed by atoms with Crippen LogP contribution in [0.15, 0.2) is 11.7 Å². The van der Waals surface area contributed by atoms with Gasteiger partial charge in [0.05, 0.1) is 23.5 Å². The Kier molecular flexibility index (Phi) is 4.37. The molecule has 1 aliphatic rings. The van der Waals surface area contributed by atoms with Gasteiger partial charge in [0.25, 0.3) is 0 Å². The highest BCUT2D eigenvalue weighted by Gasteiger charge is 2.28. The zero-order chi connectivity index (χ0) is 14.8. The molecular weight excluding hydrogens is 284 g/mol. The molecule has 3 heterocycles. The van der Waals surface area contributed by atoms with Crippen LogP contribution in [0.1, 0.15) is 34.7 Å². The number of aromatic nitrogens is 3. The zero-order valence-electron chi connectivity index (χ0n) is 12.9. The molecule has 21 heavy (non-hydrogen) atoms. The maximum Gasteiger partial charge on any atom is 0.0801 e. The number of hydrogen-bond donors (Lipinski definition) is 0. The van der Waals surface area contributed by atoms with Crippen LogP contribution in [0.5, 0.6) is 0 Å². The maximum absolute atomic E-state index is 5.41. The lowest BCUT2D eigenvalue weighted by atomic mass is 9.95. The number of ether oxygens (including phenoxy) is 1. The molecule has 1 aliphatic heterocycles. The van der Waals surface area contributed by atoms with Gasteiger partial charge in [0.15, 0.2) is 0 Å². The summed E-state index contributed by atoms with van der Waals surface area (Å²) in [7, 11) is 1.77. The minimum absolute atomic E-state index is 0.410. The molecule has 2 aromatic heterocycles. The molecule has 5 nitrogen and oxygen atoms in total. The third-order valence-corrected chi connectivity index (χ3v) is 4.99. The Bertz CT molecular complexity index is 607. The second-order valence-electron chi connectivity index (χ2n) is 5.57. The maximum atomic E-state index is 5.41. The Balaban J connectivity index is 1.81. The molecule has 0 saturated carbocycles. The molecule has 6 heteroatoms. The second kappa shape index (κ2) is 6.25. The molecule has 0 radical (unpaired) electrons. The first-order valence-electron chi connectivity index (χ1n) is 7.37. The number of hydrogen-bond acceptors (Lipinski definition) is 5. The van der Waals surface area contributed by atoms with Crippen molar-refractivity contribution in [2.24, 2.45) is 0 Å². The van der Waals surface area contributed by atoms with Crippen molar-refractivity contribution in [3.8, 4) is 0 Å². The van der Waals surface area contributed by atoms with Gasteiger partial charge in [-0.15, -0.1) is 11.3 Å². The van der Waals surface area contributed by atoms with Gasteiger partial charge in [-0.05, 0) is 13.8 Å². The Labute approximate surface area is 129 Å². The average Bonchev–Trinajstić information content (AvgIpc) is 3.06. The molecule has 0 aromatic carbocycles. The molecule has 0 fully saturated rings. The smallest absolute Gasteiger partial charge is 0.0801 e. The molecule has 1 unspecified atom stereocenters. The lowest BCUT2D eigenvalue weighted by Gasteiger charge is -2.31. The third-order valence-electron chi connectivity index (χ3n) is 4.07. The van der Waals surface area contributed by atoms with Gasteiger partial charge in [0.1, 0.15) is 0 Å². The summed E-state index contributed by atoms with van der Waals surface area (Å²) in [4.78, 5) is 8.16. The third kappa shape index (κ3) is 3.02.